The van der Waals surface area contributed by atoms with Gasteiger partial charge in [-0.25, -0.2) is 4.79 Å². The van der Waals surface area contributed by atoms with Gasteiger partial charge in [0.15, 0.2) is 0 Å². The van der Waals surface area contributed by atoms with Crippen molar-refractivity contribution in [1.29, 1.82) is 0 Å². The Hall–Kier alpha value is -3.19. The molecule has 0 saturated heterocycles. The van der Waals surface area contributed by atoms with E-state index in [1.165, 1.54) is 0 Å². The number of hydrogen-bond acceptors (Lipinski definition) is 4. The lowest BCUT2D eigenvalue weighted by Gasteiger charge is -2.38. The number of amides is 1. The molecule has 0 aromatic heterocycles. The number of carbonyl (C=O) groups is 3. The summed E-state index contributed by atoms with van der Waals surface area (Å²) in [7, 11) is 0. The first-order valence-corrected chi connectivity index (χ1v) is 11.1. The van der Waals surface area contributed by atoms with E-state index in [-0.39, 0.29) is 6.42 Å². The van der Waals surface area contributed by atoms with Crippen molar-refractivity contribution in [3.8, 4) is 0 Å². The first-order chi connectivity index (χ1) is 15.5. The zero-order valence-electron chi connectivity index (χ0n) is 19.1. The van der Waals surface area contributed by atoms with Crippen LogP contribution in [0.15, 0.2) is 54.6 Å². The number of aliphatic hydroxyl groups excluding tert-OH is 1. The number of carboxylic acid groups (broad SMARTS) is 2. The van der Waals surface area contributed by atoms with Crippen LogP contribution >= 0.6 is 0 Å². The molecular weight excluding hydrogens is 422 g/mol. The van der Waals surface area contributed by atoms with E-state index in [0.29, 0.717) is 24.0 Å². The highest BCUT2D eigenvalue weighted by Crippen LogP contribution is 2.56. The molecule has 4 atom stereocenters. The van der Waals surface area contributed by atoms with Crippen molar-refractivity contribution < 1.29 is 29.7 Å². The van der Waals surface area contributed by atoms with Crippen LogP contribution in [0.4, 0.5) is 0 Å². The number of aliphatic carboxylic acids is 2. The second-order valence-corrected chi connectivity index (χ2v) is 9.61. The lowest BCUT2D eigenvalue weighted by atomic mass is 9.65. The number of carbonyl (C=O) groups excluding carboxylic acids is 1. The van der Waals surface area contributed by atoms with Gasteiger partial charge in [-0.3, -0.25) is 9.59 Å². The van der Waals surface area contributed by atoms with Gasteiger partial charge < -0.3 is 20.6 Å². The Morgan fingerprint density at radius 2 is 1.55 bits per heavy atom. The topological polar surface area (TPSA) is 124 Å². The Morgan fingerprint density at radius 1 is 0.970 bits per heavy atom. The van der Waals surface area contributed by atoms with Crippen LogP contribution in [0.3, 0.4) is 0 Å². The third-order valence-electron chi connectivity index (χ3n) is 7.48. The predicted molar refractivity (Wildman–Crippen MR) is 122 cm³/mol. The fourth-order valence-electron chi connectivity index (χ4n) is 4.71. The van der Waals surface area contributed by atoms with Crippen molar-refractivity contribution in [2.45, 2.75) is 52.2 Å². The van der Waals surface area contributed by atoms with Gasteiger partial charge in [-0.2, -0.15) is 0 Å². The maximum absolute atomic E-state index is 13.0. The summed E-state index contributed by atoms with van der Waals surface area (Å²) in [6.45, 7) is 5.15. The van der Waals surface area contributed by atoms with Gasteiger partial charge in [-0.15, -0.1) is 0 Å². The van der Waals surface area contributed by atoms with Gasteiger partial charge in [0.25, 0.3) is 0 Å². The van der Waals surface area contributed by atoms with E-state index in [1.54, 1.807) is 45.0 Å². The Kier molecular flexibility index (Phi) is 6.93. The van der Waals surface area contributed by atoms with E-state index in [1.807, 2.05) is 30.3 Å². The Morgan fingerprint density at radius 3 is 2.06 bits per heavy atom. The van der Waals surface area contributed by atoms with Crippen LogP contribution in [-0.4, -0.2) is 39.2 Å². The summed E-state index contributed by atoms with van der Waals surface area (Å²) in [4.78, 5) is 36.6. The van der Waals surface area contributed by atoms with Gasteiger partial charge in [0.1, 0.15) is 12.1 Å². The van der Waals surface area contributed by atoms with Crippen LogP contribution in [0, 0.1) is 16.7 Å². The number of rotatable bonds is 8. The van der Waals surface area contributed by atoms with E-state index < -0.39 is 46.7 Å². The smallest absolute Gasteiger partial charge is 0.326 e. The molecule has 33 heavy (non-hydrogen) atoms. The van der Waals surface area contributed by atoms with Gasteiger partial charge in [0.2, 0.25) is 5.91 Å². The van der Waals surface area contributed by atoms with E-state index in [4.69, 9.17) is 0 Å². The number of hydrogen-bond donors (Lipinski definition) is 4. The van der Waals surface area contributed by atoms with Crippen LogP contribution in [0.2, 0.25) is 0 Å². The number of carboxylic acids is 2. The molecule has 0 radical (unpaired) electrons. The quantitative estimate of drug-likeness (QED) is 0.486. The first-order valence-electron chi connectivity index (χ1n) is 11.1. The zero-order chi connectivity index (χ0) is 24.4. The molecule has 3 rings (SSSR count). The number of benzene rings is 2. The Balaban J connectivity index is 1.70. The minimum absolute atomic E-state index is 0.0755. The highest BCUT2D eigenvalue weighted by molar-refractivity contribution is 5.87. The second-order valence-electron chi connectivity index (χ2n) is 9.61. The van der Waals surface area contributed by atoms with Crippen molar-refractivity contribution in [1.82, 2.24) is 5.32 Å². The van der Waals surface area contributed by atoms with E-state index in [0.717, 1.165) is 5.56 Å². The van der Waals surface area contributed by atoms with Crippen LogP contribution in [-0.2, 0) is 20.8 Å². The third-order valence-corrected chi connectivity index (χ3v) is 7.48. The van der Waals surface area contributed by atoms with Crippen LogP contribution in [0.1, 0.15) is 56.4 Å². The molecule has 4 unspecified atom stereocenters. The number of aliphatic hydroxyl groups is 1. The molecule has 1 amide bonds. The average Bonchev–Trinajstić information content (AvgIpc) is 3.03. The van der Waals surface area contributed by atoms with Crippen LogP contribution in [0.5, 0.6) is 0 Å². The lowest BCUT2D eigenvalue weighted by Crippen LogP contribution is -2.49. The minimum Gasteiger partial charge on any atom is -0.481 e. The van der Waals surface area contributed by atoms with Gasteiger partial charge in [0.05, 0.1) is 5.41 Å². The van der Waals surface area contributed by atoms with Gasteiger partial charge in [-0.1, -0.05) is 68.4 Å². The fourth-order valence-corrected chi connectivity index (χ4v) is 4.71. The molecule has 0 bridgehead atoms. The van der Waals surface area contributed by atoms with E-state index in [2.05, 4.69) is 5.32 Å². The van der Waals surface area contributed by atoms with Crippen molar-refractivity contribution in [2.75, 3.05) is 0 Å². The standard InChI is InChI=1S/C26H31NO6/c1-25(2)19(13-14-26(25,3)24(32)33)22(29)27-20(23(30)31)15-16-9-11-18(12-10-16)21(28)17-7-5-4-6-8-17/h4-12,19-21,28H,13-15H2,1-3H3,(H,27,29)(H,30,31)(H,32,33). The average molecular weight is 454 g/mol. The van der Waals surface area contributed by atoms with Gasteiger partial charge >= 0.3 is 11.9 Å². The van der Waals surface area contributed by atoms with E-state index >= 15 is 0 Å². The summed E-state index contributed by atoms with van der Waals surface area (Å²) in [6.07, 6.45) is 0.0334. The lowest BCUT2D eigenvalue weighted by molar-refractivity contribution is -0.155. The van der Waals surface area contributed by atoms with Crippen molar-refractivity contribution in [2.24, 2.45) is 16.7 Å². The SMILES string of the molecule is CC1(C(=O)O)CCC(C(=O)NC(Cc2ccc(C(O)c3ccccc3)cc2)C(=O)O)C1(C)C. The molecule has 2 aromatic carbocycles. The Labute approximate surface area is 193 Å². The highest BCUT2D eigenvalue weighted by Gasteiger charge is 2.58. The molecule has 0 heterocycles. The molecule has 7 heteroatoms. The zero-order valence-corrected chi connectivity index (χ0v) is 19.1. The van der Waals surface area contributed by atoms with Crippen LogP contribution < -0.4 is 5.32 Å². The maximum atomic E-state index is 13.0. The Bertz CT molecular complexity index is 1020. The van der Waals surface area contributed by atoms with Crippen molar-refractivity contribution in [3.63, 3.8) is 0 Å². The largest absolute Gasteiger partial charge is 0.481 e. The maximum Gasteiger partial charge on any atom is 0.326 e. The van der Waals surface area contributed by atoms with Gasteiger partial charge in [0, 0.05) is 12.3 Å². The summed E-state index contributed by atoms with van der Waals surface area (Å²) >= 11 is 0. The fraction of sp³-hybridized carbons (Fsp3) is 0.423. The van der Waals surface area contributed by atoms with E-state index in [9.17, 15) is 29.7 Å². The molecule has 7 nitrogen and oxygen atoms in total. The molecule has 1 fully saturated rings. The summed E-state index contributed by atoms with van der Waals surface area (Å²) in [6, 6.07) is 15.0. The second kappa shape index (κ2) is 9.35. The molecule has 1 aliphatic rings. The summed E-state index contributed by atoms with van der Waals surface area (Å²) in [5.74, 6) is -3.14. The summed E-state index contributed by atoms with van der Waals surface area (Å²) in [5.41, 5.74) is 0.271. The molecular formula is C26H31NO6. The molecule has 1 aliphatic carbocycles. The molecule has 0 aliphatic heterocycles. The molecule has 2 aromatic rings. The number of nitrogens with one attached hydrogen (secondary N) is 1. The first kappa shape index (κ1) is 24.5. The monoisotopic (exact) mass is 453 g/mol. The van der Waals surface area contributed by atoms with Gasteiger partial charge in [-0.05, 0) is 41.9 Å². The molecule has 0 spiro atoms. The predicted octanol–water partition coefficient (Wildman–Crippen LogP) is 3.41. The summed E-state index contributed by atoms with van der Waals surface area (Å²) in [5, 5.41) is 32.5. The van der Waals surface area contributed by atoms with Crippen molar-refractivity contribution in [3.05, 3.63) is 71.3 Å². The highest BCUT2D eigenvalue weighted by atomic mass is 16.4. The molecule has 176 valence electrons. The normalized spacial score (nSPS) is 23.5. The third kappa shape index (κ3) is 4.78. The van der Waals surface area contributed by atoms with Crippen molar-refractivity contribution >= 4 is 17.8 Å². The molecule has 4 N–H and O–H groups in total. The van der Waals surface area contributed by atoms with Crippen LogP contribution in [0.25, 0.3) is 0 Å². The minimum atomic E-state index is -1.16. The molecule has 1 saturated carbocycles. The summed E-state index contributed by atoms with van der Waals surface area (Å²) < 4.78 is 0.